The van der Waals surface area contributed by atoms with Crippen molar-refractivity contribution in [1.29, 1.82) is 0 Å². The molecule has 0 amide bonds. The lowest BCUT2D eigenvalue weighted by Crippen LogP contribution is -2.70. The van der Waals surface area contributed by atoms with Crippen LogP contribution in [-0.2, 0) is 23.1 Å². The predicted octanol–water partition coefficient (Wildman–Crippen LogP) is 2.35. The summed E-state index contributed by atoms with van der Waals surface area (Å²) in [5.74, 6) is -0.195. The highest BCUT2D eigenvalue weighted by atomic mass is 31.2. The van der Waals surface area contributed by atoms with E-state index in [1.165, 1.54) is 7.11 Å². The van der Waals surface area contributed by atoms with Crippen LogP contribution in [0.4, 0.5) is 0 Å². The summed E-state index contributed by atoms with van der Waals surface area (Å²) < 4.78 is 28.1. The van der Waals surface area contributed by atoms with Crippen LogP contribution in [0.1, 0.15) is 33.1 Å². The third-order valence-electron chi connectivity index (χ3n) is 3.80. The molecule has 0 N–H and O–H groups in total. The summed E-state index contributed by atoms with van der Waals surface area (Å²) in [6.07, 6.45) is 1.72. The molecule has 3 aliphatic rings. The number of carbonyl (C=O) groups excluding carboxylic acids is 1. The van der Waals surface area contributed by atoms with Crippen LogP contribution in [0.15, 0.2) is 0 Å². The minimum Gasteiger partial charge on any atom is -0.469 e. The van der Waals surface area contributed by atoms with Gasteiger partial charge in [0.25, 0.3) is 0 Å². The van der Waals surface area contributed by atoms with Gasteiger partial charge in [-0.05, 0) is 33.1 Å². The molecule has 3 saturated carbocycles. The van der Waals surface area contributed by atoms with Gasteiger partial charge in [-0.25, -0.2) is 0 Å². The van der Waals surface area contributed by atoms with Crippen molar-refractivity contribution >= 4 is 13.6 Å². The van der Waals surface area contributed by atoms with Crippen LogP contribution in [0, 0.1) is 5.41 Å². The molecule has 3 fully saturated rings. The molecule has 0 aromatic heterocycles. The Labute approximate surface area is 101 Å². The molecule has 98 valence electrons. The highest BCUT2D eigenvalue weighted by molar-refractivity contribution is 7.56. The lowest BCUT2D eigenvalue weighted by Gasteiger charge is -2.68. The molecule has 0 aromatic carbocycles. The normalized spacial score (nSPS) is 34.8. The second kappa shape index (κ2) is 4.08. The smallest absolute Gasteiger partial charge is 0.336 e. The third kappa shape index (κ3) is 1.60. The highest BCUT2D eigenvalue weighted by Crippen LogP contribution is 2.84. The monoisotopic (exact) mass is 262 g/mol. The first-order valence-corrected chi connectivity index (χ1v) is 7.49. The fraction of sp³-hybridized carbons (Fsp3) is 0.909. The van der Waals surface area contributed by atoms with Gasteiger partial charge in [-0.15, -0.1) is 0 Å². The Morgan fingerprint density at radius 3 is 2.00 bits per heavy atom. The van der Waals surface area contributed by atoms with Crippen LogP contribution < -0.4 is 0 Å². The van der Waals surface area contributed by atoms with Gasteiger partial charge in [0.15, 0.2) is 0 Å². The fourth-order valence-electron chi connectivity index (χ4n) is 3.11. The van der Waals surface area contributed by atoms with Crippen molar-refractivity contribution in [3.8, 4) is 0 Å². The number of rotatable bonds is 6. The van der Waals surface area contributed by atoms with Crippen LogP contribution >= 0.6 is 7.60 Å². The van der Waals surface area contributed by atoms with Crippen LogP contribution in [0.3, 0.4) is 0 Å². The van der Waals surface area contributed by atoms with Gasteiger partial charge in [-0.1, -0.05) is 0 Å². The zero-order valence-corrected chi connectivity index (χ0v) is 11.4. The Balaban J connectivity index is 2.07. The van der Waals surface area contributed by atoms with Crippen LogP contribution in [0.25, 0.3) is 0 Å². The fourth-order valence-corrected chi connectivity index (χ4v) is 5.90. The minimum atomic E-state index is -3.07. The molecule has 0 aromatic rings. The van der Waals surface area contributed by atoms with E-state index in [2.05, 4.69) is 0 Å². The van der Waals surface area contributed by atoms with Crippen molar-refractivity contribution in [3.63, 3.8) is 0 Å². The quantitative estimate of drug-likeness (QED) is 0.543. The third-order valence-corrected chi connectivity index (χ3v) is 6.63. The van der Waals surface area contributed by atoms with E-state index in [4.69, 9.17) is 13.8 Å². The van der Waals surface area contributed by atoms with Gasteiger partial charge >= 0.3 is 13.6 Å². The van der Waals surface area contributed by atoms with Crippen LogP contribution in [0.2, 0.25) is 0 Å². The van der Waals surface area contributed by atoms with E-state index in [-0.39, 0.29) is 5.97 Å². The minimum absolute atomic E-state index is 0.195. The Hall–Kier alpha value is -0.380. The van der Waals surface area contributed by atoms with E-state index >= 15 is 0 Å². The summed E-state index contributed by atoms with van der Waals surface area (Å²) in [5.41, 5.74) is -0.404. The average Bonchev–Trinajstić information content (AvgIpc) is 2.13. The molecule has 0 spiro atoms. The predicted molar refractivity (Wildman–Crippen MR) is 61.9 cm³/mol. The molecule has 0 aliphatic heterocycles. The summed E-state index contributed by atoms with van der Waals surface area (Å²) in [6.45, 7) is 4.33. The van der Waals surface area contributed by atoms with Crippen molar-refractivity contribution in [1.82, 2.24) is 0 Å². The molecule has 3 rings (SSSR count). The lowest BCUT2D eigenvalue weighted by molar-refractivity contribution is -0.184. The van der Waals surface area contributed by atoms with Crippen molar-refractivity contribution < 1.29 is 23.1 Å². The maximum Gasteiger partial charge on any atom is 0.336 e. The second-order valence-corrected chi connectivity index (χ2v) is 7.32. The van der Waals surface area contributed by atoms with Crippen LogP contribution in [0.5, 0.6) is 0 Å². The maximum atomic E-state index is 12.6. The average molecular weight is 262 g/mol. The molecular weight excluding hydrogens is 243 g/mol. The molecule has 3 aliphatic carbocycles. The molecule has 0 heterocycles. The van der Waals surface area contributed by atoms with Crippen molar-refractivity contribution in [2.24, 2.45) is 5.41 Å². The van der Waals surface area contributed by atoms with Gasteiger partial charge in [-0.3, -0.25) is 9.36 Å². The molecule has 6 heteroatoms. The molecular formula is C11H19O5P. The number of ether oxygens (including phenoxy) is 1. The Bertz CT molecular complexity index is 348. The summed E-state index contributed by atoms with van der Waals surface area (Å²) in [5, 5.41) is -0.423. The van der Waals surface area contributed by atoms with E-state index in [0.29, 0.717) is 32.5 Å². The highest BCUT2D eigenvalue weighted by Gasteiger charge is 2.80. The lowest BCUT2D eigenvalue weighted by atomic mass is 9.43. The molecule has 0 radical (unpaired) electrons. The Kier molecular flexibility index (Phi) is 3.13. The Morgan fingerprint density at radius 1 is 1.18 bits per heavy atom. The van der Waals surface area contributed by atoms with Gasteiger partial charge in [-0.2, -0.15) is 0 Å². The summed E-state index contributed by atoms with van der Waals surface area (Å²) in [7, 11) is -1.68. The van der Waals surface area contributed by atoms with Crippen molar-refractivity contribution in [2.45, 2.75) is 38.3 Å². The summed E-state index contributed by atoms with van der Waals surface area (Å²) in [6, 6.07) is 0. The number of hydrogen-bond acceptors (Lipinski definition) is 5. The van der Waals surface area contributed by atoms with Gasteiger partial charge in [0.2, 0.25) is 0 Å². The van der Waals surface area contributed by atoms with Gasteiger partial charge in [0, 0.05) is 0 Å². The van der Waals surface area contributed by atoms with E-state index in [1.807, 2.05) is 0 Å². The molecule has 2 bridgehead atoms. The van der Waals surface area contributed by atoms with E-state index in [0.717, 1.165) is 0 Å². The standard InChI is InChI=1S/C11H19O5P/c1-4-15-17(13,16-5-2)11-6-10(7-11,8-11)9(12)14-3/h4-8H2,1-3H3. The molecule has 0 saturated heterocycles. The number of hydrogen-bond donors (Lipinski definition) is 0. The molecule has 5 nitrogen and oxygen atoms in total. The molecule has 0 unspecified atom stereocenters. The van der Waals surface area contributed by atoms with E-state index in [9.17, 15) is 9.36 Å². The Morgan fingerprint density at radius 2 is 1.65 bits per heavy atom. The van der Waals surface area contributed by atoms with Crippen molar-refractivity contribution in [3.05, 3.63) is 0 Å². The van der Waals surface area contributed by atoms with Gasteiger partial charge in [0.05, 0.1) is 30.9 Å². The molecule has 17 heavy (non-hydrogen) atoms. The number of carbonyl (C=O) groups is 1. The maximum absolute atomic E-state index is 12.6. The van der Waals surface area contributed by atoms with Gasteiger partial charge in [0.1, 0.15) is 0 Å². The molecule has 0 atom stereocenters. The number of methoxy groups -OCH3 is 1. The summed E-state index contributed by atoms with van der Waals surface area (Å²) >= 11 is 0. The first kappa shape index (κ1) is 13.1. The largest absolute Gasteiger partial charge is 0.469 e. The van der Waals surface area contributed by atoms with Crippen LogP contribution in [-0.4, -0.2) is 31.4 Å². The summed E-state index contributed by atoms with van der Waals surface area (Å²) in [4.78, 5) is 11.5. The first-order valence-electron chi connectivity index (χ1n) is 5.95. The second-order valence-electron chi connectivity index (χ2n) is 4.86. The first-order chi connectivity index (χ1) is 7.97. The van der Waals surface area contributed by atoms with E-state index in [1.54, 1.807) is 13.8 Å². The zero-order chi connectivity index (χ0) is 12.7. The van der Waals surface area contributed by atoms with Crippen molar-refractivity contribution in [2.75, 3.05) is 20.3 Å². The van der Waals surface area contributed by atoms with E-state index < -0.39 is 18.2 Å². The zero-order valence-electron chi connectivity index (χ0n) is 10.5. The topological polar surface area (TPSA) is 61.8 Å². The SMILES string of the molecule is CCOP(=O)(OCC)C12CC(C(=O)OC)(C1)C2. The van der Waals surface area contributed by atoms with Gasteiger partial charge < -0.3 is 13.8 Å². The number of esters is 1.